The molecule has 0 heterocycles. The predicted octanol–water partition coefficient (Wildman–Crippen LogP) is 1.90. The van der Waals surface area contributed by atoms with Gasteiger partial charge in [-0.2, -0.15) is 13.2 Å². The summed E-state index contributed by atoms with van der Waals surface area (Å²) >= 11 is 0. The number of hydrogen-bond donors (Lipinski definition) is 2. The van der Waals surface area contributed by atoms with Gasteiger partial charge in [0.05, 0.1) is 19.8 Å². The Kier molecular flexibility index (Phi) is 8.20. The molecule has 0 radical (unpaired) electrons. The zero-order chi connectivity index (χ0) is 18.9. The topological polar surface area (TPSA) is 76.7 Å². The van der Waals surface area contributed by atoms with Crippen molar-refractivity contribution in [2.75, 3.05) is 26.4 Å². The van der Waals surface area contributed by atoms with Gasteiger partial charge < -0.3 is 20.1 Å². The summed E-state index contributed by atoms with van der Waals surface area (Å²) in [6.07, 6.45) is -4.41. The molecular weight excluding hydrogens is 341 g/mol. The van der Waals surface area contributed by atoms with Crippen LogP contribution in [0.15, 0.2) is 24.3 Å². The Morgan fingerprint density at radius 2 is 1.84 bits per heavy atom. The lowest BCUT2D eigenvalue weighted by molar-refractivity contribution is -0.175. The van der Waals surface area contributed by atoms with E-state index in [1.54, 1.807) is 24.3 Å². The molecule has 0 bridgehead atoms. The van der Waals surface area contributed by atoms with Crippen LogP contribution in [0, 0.1) is 0 Å². The SMILES string of the molecule is CCOc1ccc(C(=O)NCC(=O)N[C@H](C)COCC(F)(F)F)cc1. The fraction of sp³-hybridized carbons (Fsp3) is 0.500. The lowest BCUT2D eigenvalue weighted by Crippen LogP contribution is -2.42. The summed E-state index contributed by atoms with van der Waals surface area (Å²) in [6, 6.07) is 5.78. The van der Waals surface area contributed by atoms with Crippen molar-refractivity contribution < 1.29 is 32.2 Å². The maximum absolute atomic E-state index is 11.9. The van der Waals surface area contributed by atoms with Gasteiger partial charge in [0.2, 0.25) is 5.91 Å². The molecule has 0 aromatic heterocycles. The van der Waals surface area contributed by atoms with Crippen LogP contribution in [0.3, 0.4) is 0 Å². The van der Waals surface area contributed by atoms with Crippen molar-refractivity contribution >= 4 is 11.8 Å². The van der Waals surface area contributed by atoms with E-state index in [2.05, 4.69) is 15.4 Å². The average Bonchev–Trinajstić information content (AvgIpc) is 2.52. The minimum absolute atomic E-state index is 0.280. The third-order valence-electron chi connectivity index (χ3n) is 2.88. The van der Waals surface area contributed by atoms with Gasteiger partial charge in [0.15, 0.2) is 0 Å². The van der Waals surface area contributed by atoms with Gasteiger partial charge in [-0.3, -0.25) is 9.59 Å². The zero-order valence-electron chi connectivity index (χ0n) is 14.0. The number of ether oxygens (including phenoxy) is 2. The van der Waals surface area contributed by atoms with Gasteiger partial charge in [-0.15, -0.1) is 0 Å². The molecule has 0 aliphatic rings. The van der Waals surface area contributed by atoms with Gasteiger partial charge in [-0.05, 0) is 38.1 Å². The highest BCUT2D eigenvalue weighted by atomic mass is 19.4. The lowest BCUT2D eigenvalue weighted by atomic mass is 10.2. The fourth-order valence-corrected chi connectivity index (χ4v) is 1.85. The van der Waals surface area contributed by atoms with Crippen molar-refractivity contribution in [1.29, 1.82) is 0 Å². The molecule has 0 unspecified atom stereocenters. The van der Waals surface area contributed by atoms with E-state index in [4.69, 9.17) is 4.74 Å². The first-order valence-electron chi connectivity index (χ1n) is 7.66. The van der Waals surface area contributed by atoms with Crippen molar-refractivity contribution in [2.45, 2.75) is 26.1 Å². The van der Waals surface area contributed by atoms with E-state index in [0.717, 1.165) is 0 Å². The van der Waals surface area contributed by atoms with E-state index in [1.807, 2.05) is 6.92 Å². The first kappa shape index (κ1) is 20.8. The Bertz CT molecular complexity index is 561. The summed E-state index contributed by atoms with van der Waals surface area (Å²) in [5.41, 5.74) is 0.359. The molecule has 25 heavy (non-hydrogen) atoms. The highest BCUT2D eigenvalue weighted by molar-refractivity contribution is 5.96. The molecule has 2 amide bonds. The zero-order valence-corrected chi connectivity index (χ0v) is 14.0. The van der Waals surface area contributed by atoms with Gasteiger partial charge in [0, 0.05) is 11.6 Å². The summed E-state index contributed by atoms with van der Waals surface area (Å²) < 4.78 is 45.5. The van der Waals surface area contributed by atoms with Crippen LogP contribution in [0.5, 0.6) is 5.75 Å². The summed E-state index contributed by atoms with van der Waals surface area (Å²) in [7, 11) is 0. The standard InChI is InChI=1S/C16H21F3N2O4/c1-3-25-13-6-4-12(5-7-13)15(23)20-8-14(22)21-11(2)9-24-10-16(17,18)19/h4-7,11H,3,8-10H2,1-2H3,(H,20,23)(H,21,22)/t11-/m1/s1. The molecular formula is C16H21F3N2O4. The highest BCUT2D eigenvalue weighted by Gasteiger charge is 2.27. The third-order valence-corrected chi connectivity index (χ3v) is 2.88. The molecule has 1 aromatic rings. The smallest absolute Gasteiger partial charge is 0.411 e. The number of alkyl halides is 3. The molecule has 0 aliphatic carbocycles. The molecule has 9 heteroatoms. The fourth-order valence-electron chi connectivity index (χ4n) is 1.85. The Hall–Kier alpha value is -2.29. The first-order chi connectivity index (χ1) is 11.7. The second-order valence-electron chi connectivity index (χ2n) is 5.24. The number of halogens is 3. The van der Waals surface area contributed by atoms with Crippen LogP contribution < -0.4 is 15.4 Å². The van der Waals surface area contributed by atoms with Gasteiger partial charge in [-0.25, -0.2) is 0 Å². The van der Waals surface area contributed by atoms with Gasteiger partial charge in [-0.1, -0.05) is 0 Å². The molecule has 1 atom stereocenters. The average molecular weight is 362 g/mol. The Balaban J connectivity index is 2.31. The second kappa shape index (κ2) is 9.87. The number of nitrogens with one attached hydrogen (secondary N) is 2. The molecule has 1 rings (SSSR count). The molecule has 6 nitrogen and oxygen atoms in total. The van der Waals surface area contributed by atoms with Crippen molar-refractivity contribution in [2.24, 2.45) is 0 Å². The van der Waals surface area contributed by atoms with Gasteiger partial charge in [0.25, 0.3) is 5.91 Å². The van der Waals surface area contributed by atoms with Crippen molar-refractivity contribution in [1.82, 2.24) is 10.6 Å². The van der Waals surface area contributed by atoms with Crippen LogP contribution in [-0.4, -0.2) is 50.4 Å². The second-order valence-corrected chi connectivity index (χ2v) is 5.24. The lowest BCUT2D eigenvalue weighted by Gasteiger charge is -2.15. The molecule has 0 spiro atoms. The van der Waals surface area contributed by atoms with Crippen LogP contribution in [0.1, 0.15) is 24.2 Å². The number of benzene rings is 1. The summed E-state index contributed by atoms with van der Waals surface area (Å²) in [5.74, 6) is -0.342. The van der Waals surface area contributed by atoms with E-state index in [0.29, 0.717) is 17.9 Å². The maximum atomic E-state index is 11.9. The number of rotatable bonds is 9. The van der Waals surface area contributed by atoms with Crippen LogP contribution in [0.25, 0.3) is 0 Å². The normalized spacial score (nSPS) is 12.4. The molecule has 0 saturated heterocycles. The third kappa shape index (κ3) is 8.94. The number of amides is 2. The van der Waals surface area contributed by atoms with Crippen LogP contribution >= 0.6 is 0 Å². The van der Waals surface area contributed by atoms with Crippen LogP contribution in [-0.2, 0) is 9.53 Å². The largest absolute Gasteiger partial charge is 0.494 e. The van der Waals surface area contributed by atoms with E-state index < -0.39 is 30.6 Å². The number of carbonyl (C=O) groups excluding carboxylic acids is 2. The molecule has 0 saturated carbocycles. The Morgan fingerprint density at radius 3 is 2.40 bits per heavy atom. The van der Waals surface area contributed by atoms with Gasteiger partial charge in [0.1, 0.15) is 12.4 Å². The monoisotopic (exact) mass is 362 g/mol. The van der Waals surface area contributed by atoms with Crippen molar-refractivity contribution in [3.63, 3.8) is 0 Å². The van der Waals surface area contributed by atoms with E-state index in [9.17, 15) is 22.8 Å². The Morgan fingerprint density at radius 1 is 1.20 bits per heavy atom. The van der Waals surface area contributed by atoms with E-state index >= 15 is 0 Å². The minimum Gasteiger partial charge on any atom is -0.494 e. The Labute approximate surface area is 143 Å². The quantitative estimate of drug-likeness (QED) is 0.704. The van der Waals surface area contributed by atoms with Gasteiger partial charge >= 0.3 is 6.18 Å². The molecule has 1 aromatic carbocycles. The highest BCUT2D eigenvalue weighted by Crippen LogP contribution is 2.14. The molecule has 0 aliphatic heterocycles. The minimum atomic E-state index is -4.41. The van der Waals surface area contributed by atoms with E-state index in [-0.39, 0.29) is 13.2 Å². The van der Waals surface area contributed by atoms with Crippen molar-refractivity contribution in [3.05, 3.63) is 29.8 Å². The maximum Gasteiger partial charge on any atom is 0.411 e. The summed E-state index contributed by atoms with van der Waals surface area (Å²) in [5, 5.41) is 4.86. The number of hydrogen-bond acceptors (Lipinski definition) is 4. The van der Waals surface area contributed by atoms with Crippen LogP contribution in [0.2, 0.25) is 0 Å². The number of carbonyl (C=O) groups is 2. The molecule has 0 fully saturated rings. The summed E-state index contributed by atoms with van der Waals surface area (Å²) in [6.45, 7) is 1.91. The van der Waals surface area contributed by atoms with E-state index in [1.165, 1.54) is 6.92 Å². The summed E-state index contributed by atoms with van der Waals surface area (Å²) in [4.78, 5) is 23.6. The first-order valence-corrected chi connectivity index (χ1v) is 7.66. The predicted molar refractivity (Wildman–Crippen MR) is 84.4 cm³/mol. The molecule has 2 N–H and O–H groups in total. The van der Waals surface area contributed by atoms with Crippen molar-refractivity contribution in [3.8, 4) is 5.75 Å². The van der Waals surface area contributed by atoms with Crippen LogP contribution in [0.4, 0.5) is 13.2 Å². The molecule has 140 valence electrons.